The van der Waals surface area contributed by atoms with Crippen LogP contribution in [0.3, 0.4) is 0 Å². The molecule has 0 radical (unpaired) electrons. The Morgan fingerprint density at radius 3 is 2.38 bits per heavy atom. The Morgan fingerprint density at radius 2 is 1.68 bits per heavy atom. The molecule has 3 aromatic carbocycles. The van der Waals surface area contributed by atoms with Crippen LogP contribution in [0, 0.1) is 18.3 Å². The first-order chi connectivity index (χ1) is 19.6. The molecule has 0 saturated heterocycles. The molecule has 0 saturated carbocycles. The molecule has 5 heteroatoms. The van der Waals surface area contributed by atoms with Gasteiger partial charge in [0, 0.05) is 16.9 Å². The summed E-state index contributed by atoms with van der Waals surface area (Å²) >= 11 is 1.68. The second kappa shape index (κ2) is 12.7. The lowest BCUT2D eigenvalue weighted by Crippen LogP contribution is -2.33. The lowest BCUT2D eigenvalue weighted by Gasteiger charge is -2.23. The van der Waals surface area contributed by atoms with E-state index in [1.54, 1.807) is 11.3 Å². The van der Waals surface area contributed by atoms with Gasteiger partial charge >= 0.3 is 0 Å². The van der Waals surface area contributed by atoms with Crippen LogP contribution in [0.2, 0.25) is 0 Å². The molecule has 0 amide bonds. The number of benzene rings is 3. The summed E-state index contributed by atoms with van der Waals surface area (Å²) in [6.45, 7) is 4.13. The van der Waals surface area contributed by atoms with Crippen molar-refractivity contribution < 1.29 is 0 Å². The van der Waals surface area contributed by atoms with Crippen molar-refractivity contribution in [2.75, 3.05) is 0 Å². The number of nitriles is 1. The van der Waals surface area contributed by atoms with Gasteiger partial charge in [-0.3, -0.25) is 9.36 Å². The quantitative estimate of drug-likeness (QED) is 0.180. The average molecular weight is 544 g/mol. The molecule has 5 rings (SSSR count). The highest BCUT2D eigenvalue weighted by molar-refractivity contribution is 7.10. The molecule has 4 nitrogen and oxygen atoms in total. The number of aryl methyl sites for hydroxylation is 2. The maximum atomic E-state index is 14.4. The summed E-state index contributed by atoms with van der Waals surface area (Å²) in [5, 5.41) is 11.6. The van der Waals surface area contributed by atoms with Crippen LogP contribution in [0.25, 0.3) is 11.1 Å². The van der Waals surface area contributed by atoms with Gasteiger partial charge in [0.15, 0.2) is 0 Å². The van der Waals surface area contributed by atoms with E-state index in [2.05, 4.69) is 48.7 Å². The highest BCUT2D eigenvalue weighted by Gasteiger charge is 2.23. The van der Waals surface area contributed by atoms with E-state index in [1.807, 2.05) is 72.2 Å². The van der Waals surface area contributed by atoms with Gasteiger partial charge in [0.25, 0.3) is 5.56 Å². The van der Waals surface area contributed by atoms with Crippen LogP contribution in [0.1, 0.15) is 64.5 Å². The average Bonchev–Trinajstić information content (AvgIpc) is 3.53. The number of hydrogen-bond acceptors (Lipinski definition) is 4. The molecule has 1 atom stereocenters. The van der Waals surface area contributed by atoms with Crippen molar-refractivity contribution in [1.29, 1.82) is 5.26 Å². The smallest absolute Gasteiger partial charge is 0.257 e. The largest absolute Gasteiger partial charge is 0.288 e. The van der Waals surface area contributed by atoms with E-state index in [9.17, 15) is 10.1 Å². The van der Waals surface area contributed by atoms with Gasteiger partial charge in [0.1, 0.15) is 5.82 Å². The molecule has 0 fully saturated rings. The summed E-state index contributed by atoms with van der Waals surface area (Å²) < 4.78 is 1.92. The zero-order valence-electron chi connectivity index (χ0n) is 23.0. The molecule has 200 valence electrons. The summed E-state index contributed by atoms with van der Waals surface area (Å²) in [7, 11) is 0. The minimum absolute atomic E-state index is 0.0480. The maximum absolute atomic E-state index is 14.4. The number of aromatic nitrogens is 2. The van der Waals surface area contributed by atoms with E-state index in [0.717, 1.165) is 64.3 Å². The van der Waals surface area contributed by atoms with Gasteiger partial charge in [0.2, 0.25) is 0 Å². The Hall–Kier alpha value is -4.27. The molecule has 0 aliphatic rings. The topological polar surface area (TPSA) is 58.7 Å². The standard InChI is InChI=1S/C35H33N3OS/c1-3-4-15-32-31(22-27-17-19-28(20-18-27)30-14-9-8-13-29(30)24-36)35(39)38(25(2)37-32)33(34-16-10-21-40-34)23-26-11-6-5-7-12-26/h5-14,16-21,33H,3-4,15,22-23H2,1-2H3. The third-order valence-electron chi connectivity index (χ3n) is 7.39. The molecule has 0 aliphatic heterocycles. The lowest BCUT2D eigenvalue weighted by molar-refractivity contribution is 0.533. The molecule has 0 aliphatic carbocycles. The van der Waals surface area contributed by atoms with Gasteiger partial charge in [-0.05, 0) is 66.0 Å². The zero-order valence-corrected chi connectivity index (χ0v) is 23.8. The van der Waals surface area contributed by atoms with Crippen LogP contribution in [0.5, 0.6) is 0 Å². The Kier molecular flexibility index (Phi) is 8.68. The molecule has 2 aromatic heterocycles. The monoisotopic (exact) mass is 543 g/mol. The van der Waals surface area contributed by atoms with Gasteiger partial charge in [-0.15, -0.1) is 11.3 Å². The first-order valence-corrected chi connectivity index (χ1v) is 14.7. The molecule has 0 N–H and O–H groups in total. The molecular weight excluding hydrogens is 510 g/mol. The van der Waals surface area contributed by atoms with E-state index in [1.165, 1.54) is 5.56 Å². The Labute approximate surface area is 240 Å². The van der Waals surface area contributed by atoms with Crippen molar-refractivity contribution in [3.05, 3.63) is 145 Å². The van der Waals surface area contributed by atoms with Gasteiger partial charge in [-0.25, -0.2) is 4.98 Å². The Balaban J connectivity index is 1.56. The Morgan fingerprint density at radius 1 is 0.925 bits per heavy atom. The normalized spacial score (nSPS) is 11.7. The molecular formula is C35H33N3OS. The summed E-state index contributed by atoms with van der Waals surface area (Å²) in [6.07, 6.45) is 4.07. The van der Waals surface area contributed by atoms with E-state index < -0.39 is 0 Å². The first kappa shape index (κ1) is 27.3. The number of nitrogens with zero attached hydrogens (tertiary/aromatic N) is 3. The third kappa shape index (κ3) is 5.98. The second-order valence-electron chi connectivity index (χ2n) is 10.1. The van der Waals surface area contributed by atoms with Gasteiger partial charge in [-0.2, -0.15) is 5.26 Å². The fraction of sp³-hybridized carbons (Fsp3) is 0.229. The fourth-order valence-electron chi connectivity index (χ4n) is 5.30. The van der Waals surface area contributed by atoms with E-state index in [4.69, 9.17) is 4.98 Å². The zero-order chi connectivity index (χ0) is 27.9. The predicted octanol–water partition coefficient (Wildman–Crippen LogP) is 7.92. The van der Waals surface area contributed by atoms with Crippen LogP contribution in [0.15, 0.2) is 101 Å². The van der Waals surface area contributed by atoms with Crippen molar-refractivity contribution in [2.45, 2.75) is 52.0 Å². The lowest BCUT2D eigenvalue weighted by atomic mass is 9.96. The van der Waals surface area contributed by atoms with Crippen molar-refractivity contribution >= 4 is 11.3 Å². The molecule has 0 bridgehead atoms. The molecule has 0 spiro atoms. The fourth-order valence-corrected chi connectivity index (χ4v) is 6.12. The van der Waals surface area contributed by atoms with Crippen molar-refractivity contribution in [2.24, 2.45) is 0 Å². The van der Waals surface area contributed by atoms with E-state index in [0.29, 0.717) is 12.0 Å². The van der Waals surface area contributed by atoms with Crippen LogP contribution in [-0.2, 0) is 19.3 Å². The third-order valence-corrected chi connectivity index (χ3v) is 8.36. The predicted molar refractivity (Wildman–Crippen MR) is 164 cm³/mol. The summed E-state index contributed by atoms with van der Waals surface area (Å²) in [5.41, 5.74) is 6.54. The Bertz CT molecular complexity index is 1660. The van der Waals surface area contributed by atoms with Crippen LogP contribution >= 0.6 is 11.3 Å². The first-order valence-electron chi connectivity index (χ1n) is 13.9. The highest BCUT2D eigenvalue weighted by atomic mass is 32.1. The van der Waals surface area contributed by atoms with Crippen LogP contribution in [0.4, 0.5) is 0 Å². The molecule has 1 unspecified atom stereocenters. The number of thiophene rings is 1. The highest BCUT2D eigenvalue weighted by Crippen LogP contribution is 2.28. The van der Waals surface area contributed by atoms with Crippen molar-refractivity contribution in [1.82, 2.24) is 9.55 Å². The SMILES string of the molecule is CCCCc1nc(C)n(C(Cc2ccccc2)c2cccs2)c(=O)c1Cc1ccc(-c2ccccc2C#N)cc1. The van der Waals surface area contributed by atoms with Crippen LogP contribution < -0.4 is 5.56 Å². The van der Waals surface area contributed by atoms with E-state index in [-0.39, 0.29) is 11.6 Å². The van der Waals surface area contributed by atoms with Gasteiger partial charge < -0.3 is 0 Å². The van der Waals surface area contributed by atoms with Crippen molar-refractivity contribution in [3.63, 3.8) is 0 Å². The summed E-state index contributed by atoms with van der Waals surface area (Å²) in [5.74, 6) is 0.762. The summed E-state index contributed by atoms with van der Waals surface area (Å²) in [6, 6.07) is 32.5. The minimum Gasteiger partial charge on any atom is -0.288 e. The second-order valence-corrected chi connectivity index (χ2v) is 11.1. The van der Waals surface area contributed by atoms with Crippen molar-refractivity contribution in [3.8, 4) is 17.2 Å². The molecule has 2 heterocycles. The molecule has 5 aromatic rings. The minimum atomic E-state index is -0.119. The van der Waals surface area contributed by atoms with Crippen LogP contribution in [-0.4, -0.2) is 9.55 Å². The van der Waals surface area contributed by atoms with Gasteiger partial charge in [0.05, 0.1) is 23.4 Å². The van der Waals surface area contributed by atoms with Gasteiger partial charge in [-0.1, -0.05) is 92.2 Å². The van der Waals surface area contributed by atoms with E-state index >= 15 is 0 Å². The molecule has 40 heavy (non-hydrogen) atoms. The number of hydrogen-bond donors (Lipinski definition) is 0. The maximum Gasteiger partial charge on any atom is 0.257 e. The number of rotatable bonds is 10. The number of unbranched alkanes of at least 4 members (excludes halogenated alkanes) is 1. The summed E-state index contributed by atoms with van der Waals surface area (Å²) in [4.78, 5) is 20.6.